The Kier molecular flexibility index (Phi) is 6.44. The van der Waals surface area contributed by atoms with E-state index in [0.29, 0.717) is 14.9 Å². The number of nitro groups is 1. The number of aromatic nitrogens is 2. The smallest absolute Gasteiger partial charge is 0.271 e. The van der Waals surface area contributed by atoms with Crippen LogP contribution in [0.15, 0.2) is 98.7 Å². The van der Waals surface area contributed by atoms with Crippen LogP contribution in [-0.2, 0) is 6.42 Å². The predicted octanol–water partition coefficient (Wildman–Crippen LogP) is 6.40. The third kappa shape index (κ3) is 4.31. The second-order valence-electron chi connectivity index (χ2n) is 10.6. The number of aryl methyl sites for hydroxylation is 2. The topological polar surface area (TPSA) is 82.4 Å². The third-order valence-corrected chi connectivity index (χ3v) is 9.62. The van der Waals surface area contributed by atoms with E-state index in [1.807, 2.05) is 36.4 Å². The number of benzene rings is 3. The summed E-state index contributed by atoms with van der Waals surface area (Å²) in [5.41, 5.74) is 8.84. The molecule has 5 aromatic rings. The Hall–Kier alpha value is -4.34. The molecule has 0 N–H and O–H groups in total. The fraction of sp³-hybridized carbons (Fsp3) is 0.152. The summed E-state index contributed by atoms with van der Waals surface area (Å²) >= 11 is 4.87. The number of fused-ring (bicyclic) bond motifs is 3. The molecular formula is C33H25BrN4O3S. The van der Waals surface area contributed by atoms with Crippen LogP contribution in [0.1, 0.15) is 46.1 Å². The Balaban J connectivity index is 1.44. The van der Waals surface area contributed by atoms with Crippen molar-refractivity contribution < 1.29 is 4.92 Å². The molecule has 1 aliphatic heterocycles. The molecule has 0 fully saturated rings. The van der Waals surface area contributed by atoms with Crippen LogP contribution in [0.5, 0.6) is 0 Å². The molecule has 2 aromatic heterocycles. The minimum Gasteiger partial charge on any atom is -0.318 e. The molecule has 3 heterocycles. The molecule has 1 aliphatic carbocycles. The van der Waals surface area contributed by atoms with Gasteiger partial charge in [-0.1, -0.05) is 63.7 Å². The molecule has 0 saturated heterocycles. The van der Waals surface area contributed by atoms with Crippen LogP contribution in [0, 0.1) is 24.0 Å². The van der Waals surface area contributed by atoms with E-state index in [2.05, 4.69) is 64.7 Å². The Morgan fingerprint density at radius 2 is 1.81 bits per heavy atom. The summed E-state index contributed by atoms with van der Waals surface area (Å²) in [4.78, 5) is 31.1. The zero-order valence-electron chi connectivity index (χ0n) is 22.9. The molecule has 0 unspecified atom stereocenters. The largest absolute Gasteiger partial charge is 0.318 e. The van der Waals surface area contributed by atoms with Crippen molar-refractivity contribution in [1.82, 2.24) is 9.13 Å². The Morgan fingerprint density at radius 3 is 2.60 bits per heavy atom. The van der Waals surface area contributed by atoms with Gasteiger partial charge in [0.1, 0.15) is 0 Å². The van der Waals surface area contributed by atoms with Gasteiger partial charge in [0, 0.05) is 39.2 Å². The SMILES string of the molecule is Cc1cc(/C=c2/sc3n(c2=O)[C@@H](c2cccc([N+](=O)[O-])c2)C2=C(N=3)c3ccccc3CC2)c(C)n1-c1ccc(Br)cc1. The number of thiazole rings is 1. The maximum absolute atomic E-state index is 14.2. The van der Waals surface area contributed by atoms with E-state index >= 15 is 0 Å². The monoisotopic (exact) mass is 636 g/mol. The fourth-order valence-electron chi connectivity index (χ4n) is 6.19. The molecule has 9 heteroatoms. The summed E-state index contributed by atoms with van der Waals surface area (Å²) < 4.78 is 5.50. The molecular weight excluding hydrogens is 612 g/mol. The molecule has 3 aromatic carbocycles. The number of non-ortho nitro benzene ring substituents is 1. The van der Waals surface area contributed by atoms with Crippen LogP contribution >= 0.6 is 27.3 Å². The summed E-state index contributed by atoms with van der Waals surface area (Å²) in [6.07, 6.45) is 3.49. The van der Waals surface area contributed by atoms with Crippen molar-refractivity contribution in [3.63, 3.8) is 0 Å². The summed E-state index contributed by atoms with van der Waals surface area (Å²) in [5.74, 6) is 0. The van der Waals surface area contributed by atoms with Gasteiger partial charge in [-0.2, -0.15) is 0 Å². The van der Waals surface area contributed by atoms with Crippen LogP contribution in [0.2, 0.25) is 0 Å². The molecule has 1 atom stereocenters. The molecule has 0 saturated carbocycles. The van der Waals surface area contributed by atoms with Gasteiger partial charge in [0.05, 0.1) is 21.2 Å². The maximum Gasteiger partial charge on any atom is 0.271 e. The van der Waals surface area contributed by atoms with Crippen molar-refractivity contribution in [3.8, 4) is 5.69 Å². The molecule has 208 valence electrons. The third-order valence-electron chi connectivity index (χ3n) is 8.11. The normalized spacial score (nSPS) is 16.1. The number of halogens is 1. The van der Waals surface area contributed by atoms with E-state index in [-0.39, 0.29) is 16.2 Å². The number of hydrogen-bond acceptors (Lipinski definition) is 5. The average molecular weight is 638 g/mol. The molecule has 7 nitrogen and oxygen atoms in total. The van der Waals surface area contributed by atoms with Crippen LogP contribution in [-0.4, -0.2) is 14.1 Å². The molecule has 0 radical (unpaired) electrons. The van der Waals surface area contributed by atoms with E-state index in [1.165, 1.54) is 23.0 Å². The quantitative estimate of drug-likeness (QED) is 0.169. The minimum atomic E-state index is -0.471. The molecule has 0 bridgehead atoms. The lowest BCUT2D eigenvalue weighted by Crippen LogP contribution is -2.38. The maximum atomic E-state index is 14.2. The minimum absolute atomic E-state index is 0.00497. The number of rotatable bonds is 4. The number of allylic oxidation sites excluding steroid dienone is 1. The van der Waals surface area contributed by atoms with Crippen molar-refractivity contribution in [3.05, 3.63) is 152 Å². The molecule has 0 amide bonds. The number of nitro benzene ring substituents is 1. The summed E-state index contributed by atoms with van der Waals surface area (Å²) in [5, 5.41) is 11.7. The van der Waals surface area contributed by atoms with Gasteiger partial charge in [-0.05, 0) is 85.4 Å². The first-order valence-electron chi connectivity index (χ1n) is 13.6. The van der Waals surface area contributed by atoms with Crippen LogP contribution in [0.3, 0.4) is 0 Å². The lowest BCUT2D eigenvalue weighted by Gasteiger charge is -2.30. The highest BCUT2D eigenvalue weighted by molar-refractivity contribution is 9.10. The first-order chi connectivity index (χ1) is 20.3. The summed E-state index contributed by atoms with van der Waals surface area (Å²) in [6, 6.07) is 24.6. The number of hydrogen-bond donors (Lipinski definition) is 0. The Labute approximate surface area is 253 Å². The lowest BCUT2D eigenvalue weighted by atomic mass is 9.83. The first-order valence-corrected chi connectivity index (χ1v) is 15.2. The molecule has 0 spiro atoms. The van der Waals surface area contributed by atoms with Crippen molar-refractivity contribution in [2.24, 2.45) is 4.99 Å². The standard InChI is InChI=1S/C33H25BrN4O3S/c1-19-16-23(20(2)36(19)25-13-11-24(34)12-14-25)18-29-32(39)37-31(22-7-5-8-26(17-22)38(40)41)28-15-10-21-6-3-4-9-27(21)30(28)35-33(37)42-29/h3-9,11-14,16-18,31H,10,15H2,1-2H3/b29-18+/t31-/m0/s1. The highest BCUT2D eigenvalue weighted by Crippen LogP contribution is 2.41. The van der Waals surface area contributed by atoms with Crippen molar-refractivity contribution >= 4 is 44.7 Å². The van der Waals surface area contributed by atoms with E-state index in [0.717, 1.165) is 56.8 Å². The van der Waals surface area contributed by atoms with Gasteiger partial charge in [0.25, 0.3) is 11.2 Å². The Bertz CT molecular complexity index is 2140. The van der Waals surface area contributed by atoms with E-state index in [4.69, 9.17) is 4.99 Å². The highest BCUT2D eigenvalue weighted by atomic mass is 79.9. The molecule has 2 aliphatic rings. The second kappa shape index (κ2) is 10.2. The van der Waals surface area contributed by atoms with Gasteiger partial charge in [0.15, 0.2) is 4.80 Å². The van der Waals surface area contributed by atoms with Gasteiger partial charge < -0.3 is 4.57 Å². The second-order valence-corrected chi connectivity index (χ2v) is 12.5. The van der Waals surface area contributed by atoms with Crippen molar-refractivity contribution in [2.75, 3.05) is 0 Å². The zero-order chi connectivity index (χ0) is 29.1. The zero-order valence-corrected chi connectivity index (χ0v) is 25.3. The lowest BCUT2D eigenvalue weighted by molar-refractivity contribution is -0.384. The molecule has 7 rings (SSSR count). The van der Waals surface area contributed by atoms with Crippen LogP contribution in [0.25, 0.3) is 17.5 Å². The van der Waals surface area contributed by atoms with Crippen LogP contribution < -0.4 is 14.9 Å². The highest BCUT2D eigenvalue weighted by Gasteiger charge is 2.33. The van der Waals surface area contributed by atoms with Gasteiger partial charge in [-0.15, -0.1) is 0 Å². The van der Waals surface area contributed by atoms with Crippen molar-refractivity contribution in [1.29, 1.82) is 0 Å². The van der Waals surface area contributed by atoms with Gasteiger partial charge in [-0.3, -0.25) is 19.5 Å². The average Bonchev–Trinajstić information content (AvgIpc) is 3.45. The summed E-state index contributed by atoms with van der Waals surface area (Å²) in [6.45, 7) is 4.11. The molecule has 42 heavy (non-hydrogen) atoms. The van der Waals surface area contributed by atoms with E-state index < -0.39 is 6.04 Å². The van der Waals surface area contributed by atoms with Gasteiger partial charge >= 0.3 is 0 Å². The van der Waals surface area contributed by atoms with Gasteiger partial charge in [-0.25, -0.2) is 4.99 Å². The first kappa shape index (κ1) is 26.6. The van der Waals surface area contributed by atoms with Gasteiger partial charge in [0.2, 0.25) is 0 Å². The van der Waals surface area contributed by atoms with Crippen molar-refractivity contribution in [2.45, 2.75) is 32.7 Å². The fourth-order valence-corrected chi connectivity index (χ4v) is 7.45. The van der Waals surface area contributed by atoms with Crippen LogP contribution in [0.4, 0.5) is 5.69 Å². The predicted molar refractivity (Wildman–Crippen MR) is 169 cm³/mol. The Morgan fingerprint density at radius 1 is 1.02 bits per heavy atom. The number of nitrogens with zero attached hydrogens (tertiary/aromatic N) is 4. The van der Waals surface area contributed by atoms with E-state index in [9.17, 15) is 14.9 Å². The summed E-state index contributed by atoms with van der Waals surface area (Å²) in [7, 11) is 0. The van der Waals surface area contributed by atoms with E-state index in [1.54, 1.807) is 16.7 Å².